The van der Waals surface area contributed by atoms with E-state index in [-0.39, 0.29) is 5.16 Å². The molecule has 21 heavy (non-hydrogen) atoms. The first kappa shape index (κ1) is 18.4. The van der Waals surface area contributed by atoms with Gasteiger partial charge in [-0.3, -0.25) is 4.57 Å². The van der Waals surface area contributed by atoms with Gasteiger partial charge in [0.2, 0.25) is 0 Å². The monoisotopic (exact) mass is 335 g/mol. The Kier molecular flexibility index (Phi) is 6.66. The van der Waals surface area contributed by atoms with Gasteiger partial charge in [-0.2, -0.15) is 0 Å². The Balaban J connectivity index is 2.77. The Hall–Kier alpha value is -0.620. The van der Waals surface area contributed by atoms with Crippen LogP contribution in [-0.2, 0) is 21.0 Å². The molecule has 0 aliphatic rings. The summed E-state index contributed by atoms with van der Waals surface area (Å²) in [5.74, 6) is 0.692. The van der Waals surface area contributed by atoms with Gasteiger partial charge in [0.05, 0.1) is 0 Å². The van der Waals surface area contributed by atoms with Crippen LogP contribution in [0.15, 0.2) is 5.16 Å². The number of nitrogens with zero attached hydrogens (tertiary/aromatic N) is 3. The first-order valence-electron chi connectivity index (χ1n) is 7.57. The maximum Gasteiger partial charge on any atom is 0.296 e. The van der Waals surface area contributed by atoms with E-state index in [0.29, 0.717) is 5.82 Å². The highest BCUT2D eigenvalue weighted by Gasteiger charge is 2.29. The molecule has 7 heteroatoms. The number of aryl methyl sites for hydroxylation is 1. The van der Waals surface area contributed by atoms with Crippen LogP contribution in [0.25, 0.3) is 0 Å². The summed E-state index contributed by atoms with van der Waals surface area (Å²) < 4.78 is 24.8. The molecule has 0 atom stereocenters. The lowest BCUT2D eigenvalue weighted by atomic mass is 10.1. The van der Waals surface area contributed by atoms with Crippen molar-refractivity contribution in [3.63, 3.8) is 0 Å². The van der Waals surface area contributed by atoms with Crippen LogP contribution in [0.3, 0.4) is 0 Å². The number of unbranched alkanes of at least 4 members (excludes halogenated alkanes) is 5. The van der Waals surface area contributed by atoms with Gasteiger partial charge >= 0.3 is 0 Å². The molecule has 0 unspecified atom stereocenters. The maximum atomic E-state index is 11.6. The van der Waals surface area contributed by atoms with Crippen molar-refractivity contribution >= 4 is 19.7 Å². The Morgan fingerprint density at radius 3 is 2.14 bits per heavy atom. The zero-order valence-corrected chi connectivity index (χ0v) is 15.0. The van der Waals surface area contributed by atoms with E-state index in [1.54, 1.807) is 4.57 Å². The summed E-state index contributed by atoms with van der Waals surface area (Å²) >= 11 is 0. The normalized spacial score (nSPS) is 12.8. The van der Waals surface area contributed by atoms with Crippen molar-refractivity contribution in [1.82, 2.24) is 14.8 Å². The van der Waals surface area contributed by atoms with Crippen LogP contribution >= 0.6 is 10.7 Å². The molecular weight excluding hydrogens is 310 g/mol. The fourth-order valence-electron chi connectivity index (χ4n) is 2.36. The topological polar surface area (TPSA) is 64.8 Å². The summed E-state index contributed by atoms with van der Waals surface area (Å²) in [5, 5.41) is 7.65. The molecule has 1 aromatic heterocycles. The number of aromatic nitrogens is 3. The molecule has 0 radical (unpaired) electrons. The summed E-state index contributed by atoms with van der Waals surface area (Å²) in [4.78, 5) is 0. The van der Waals surface area contributed by atoms with Crippen LogP contribution in [0.5, 0.6) is 0 Å². The van der Waals surface area contributed by atoms with E-state index in [9.17, 15) is 8.42 Å². The molecule has 0 aliphatic heterocycles. The summed E-state index contributed by atoms with van der Waals surface area (Å²) in [5.41, 5.74) is -0.418. The van der Waals surface area contributed by atoms with Crippen molar-refractivity contribution in [3.05, 3.63) is 5.82 Å². The maximum absolute atomic E-state index is 11.6. The molecule has 0 bridgehead atoms. The van der Waals surface area contributed by atoms with Crippen molar-refractivity contribution in [2.24, 2.45) is 0 Å². The second-order valence-electron chi connectivity index (χ2n) is 6.36. The van der Waals surface area contributed by atoms with Crippen LogP contribution < -0.4 is 0 Å². The molecule has 0 aliphatic carbocycles. The summed E-state index contributed by atoms with van der Waals surface area (Å²) in [7, 11) is 1.57. The summed E-state index contributed by atoms with van der Waals surface area (Å²) in [6.45, 7) is 7.96. The standard InChI is InChI=1S/C14H26ClN3O2S/c1-5-6-7-8-9-10-11-12-16-17-13(21(15,19)20)18(12)14(2,3)4/h5-11H2,1-4H3. The molecule has 5 nitrogen and oxygen atoms in total. The molecule has 1 aromatic rings. The predicted molar refractivity (Wildman–Crippen MR) is 85.1 cm³/mol. The highest BCUT2D eigenvalue weighted by molar-refractivity contribution is 8.13. The number of halogens is 1. The molecule has 1 heterocycles. The van der Waals surface area contributed by atoms with E-state index in [1.165, 1.54) is 25.7 Å². The van der Waals surface area contributed by atoms with Crippen molar-refractivity contribution < 1.29 is 8.42 Å². The third-order valence-corrected chi connectivity index (χ3v) is 4.46. The van der Waals surface area contributed by atoms with E-state index in [4.69, 9.17) is 10.7 Å². The first-order chi connectivity index (χ1) is 9.68. The third-order valence-electron chi connectivity index (χ3n) is 3.34. The first-order valence-corrected chi connectivity index (χ1v) is 9.88. The largest absolute Gasteiger partial charge is 0.296 e. The molecule has 0 amide bonds. The molecule has 0 fully saturated rings. The zero-order valence-electron chi connectivity index (χ0n) is 13.4. The minimum atomic E-state index is -3.88. The lowest BCUT2D eigenvalue weighted by molar-refractivity contribution is 0.349. The fourth-order valence-corrected chi connectivity index (χ4v) is 3.39. The Morgan fingerprint density at radius 1 is 1.05 bits per heavy atom. The van der Waals surface area contributed by atoms with Gasteiger partial charge in [-0.15, -0.1) is 10.2 Å². The number of hydrogen-bond donors (Lipinski definition) is 0. The number of hydrogen-bond acceptors (Lipinski definition) is 4. The van der Waals surface area contributed by atoms with Gasteiger partial charge in [-0.25, -0.2) is 8.42 Å². The quantitative estimate of drug-likeness (QED) is 0.534. The highest BCUT2D eigenvalue weighted by atomic mass is 35.7. The Labute approximate surface area is 132 Å². The minimum absolute atomic E-state index is 0.155. The third kappa shape index (κ3) is 5.58. The zero-order chi connectivity index (χ0) is 16.1. The SMILES string of the molecule is CCCCCCCCc1nnc(S(=O)(=O)Cl)n1C(C)(C)C. The van der Waals surface area contributed by atoms with Crippen molar-refractivity contribution in [1.29, 1.82) is 0 Å². The predicted octanol–water partition coefficient (Wildman–Crippen LogP) is 3.86. The van der Waals surface area contributed by atoms with Crippen LogP contribution in [0.2, 0.25) is 0 Å². The Morgan fingerprint density at radius 2 is 1.62 bits per heavy atom. The molecule has 0 saturated carbocycles. The molecule has 122 valence electrons. The molecule has 0 N–H and O–H groups in total. The van der Waals surface area contributed by atoms with E-state index in [1.807, 2.05) is 20.8 Å². The van der Waals surface area contributed by atoms with E-state index < -0.39 is 14.6 Å². The van der Waals surface area contributed by atoms with Crippen molar-refractivity contribution in [2.45, 2.75) is 83.3 Å². The Bertz CT molecular complexity index is 547. The van der Waals surface area contributed by atoms with Crippen molar-refractivity contribution in [2.75, 3.05) is 0 Å². The van der Waals surface area contributed by atoms with Gasteiger partial charge in [0.1, 0.15) is 5.82 Å². The average Bonchev–Trinajstić information content (AvgIpc) is 2.77. The smallest absolute Gasteiger partial charge is 0.295 e. The van der Waals surface area contributed by atoms with Crippen molar-refractivity contribution in [3.8, 4) is 0 Å². The van der Waals surface area contributed by atoms with Gasteiger partial charge < -0.3 is 0 Å². The van der Waals surface area contributed by atoms with E-state index in [2.05, 4.69) is 17.1 Å². The molecule has 0 aromatic carbocycles. The molecule has 1 rings (SSSR count). The van der Waals surface area contributed by atoms with Gasteiger partial charge in [0.25, 0.3) is 14.2 Å². The van der Waals surface area contributed by atoms with Crippen LogP contribution in [0, 0.1) is 0 Å². The molecular formula is C14H26ClN3O2S. The lowest BCUT2D eigenvalue weighted by Gasteiger charge is -2.24. The van der Waals surface area contributed by atoms with Crippen LogP contribution in [0.4, 0.5) is 0 Å². The van der Waals surface area contributed by atoms with Crippen LogP contribution in [-0.4, -0.2) is 23.2 Å². The average molecular weight is 336 g/mol. The van der Waals surface area contributed by atoms with E-state index >= 15 is 0 Å². The molecule has 0 saturated heterocycles. The lowest BCUT2D eigenvalue weighted by Crippen LogP contribution is -2.27. The van der Waals surface area contributed by atoms with Gasteiger partial charge in [0.15, 0.2) is 0 Å². The number of rotatable bonds is 8. The second kappa shape index (κ2) is 7.58. The summed E-state index contributed by atoms with van der Waals surface area (Å²) in [6.07, 6.45) is 7.80. The van der Waals surface area contributed by atoms with Gasteiger partial charge in [-0.1, -0.05) is 39.0 Å². The van der Waals surface area contributed by atoms with Gasteiger partial charge in [-0.05, 0) is 27.2 Å². The van der Waals surface area contributed by atoms with Gasteiger partial charge in [0, 0.05) is 22.6 Å². The van der Waals surface area contributed by atoms with E-state index in [0.717, 1.165) is 19.3 Å². The minimum Gasteiger partial charge on any atom is -0.295 e. The molecule has 0 spiro atoms. The van der Waals surface area contributed by atoms with Crippen LogP contribution in [0.1, 0.15) is 72.0 Å². The highest BCUT2D eigenvalue weighted by Crippen LogP contribution is 2.24. The second-order valence-corrected chi connectivity index (χ2v) is 8.82. The fraction of sp³-hybridized carbons (Fsp3) is 0.857. The summed E-state index contributed by atoms with van der Waals surface area (Å²) in [6, 6.07) is 0.